The maximum absolute atomic E-state index is 6.36. The molecule has 0 unspecified atom stereocenters. The van der Waals surface area contributed by atoms with Gasteiger partial charge in [0, 0.05) is 37.3 Å². The van der Waals surface area contributed by atoms with Crippen LogP contribution in [0.25, 0.3) is 97.0 Å². The Morgan fingerprint density at radius 2 is 0.915 bits per heavy atom. The van der Waals surface area contributed by atoms with Gasteiger partial charge in [0.05, 0.1) is 16.1 Å². The third-order valence-corrected chi connectivity index (χ3v) is 13.2. The first-order chi connectivity index (χ1) is 29.3. The number of anilines is 3. The molecule has 0 saturated carbocycles. The van der Waals surface area contributed by atoms with Crippen LogP contribution in [0, 0.1) is 0 Å². The number of fused-ring (bicyclic) bond motifs is 8. The fourth-order valence-corrected chi connectivity index (χ4v) is 10.6. The van der Waals surface area contributed by atoms with Crippen molar-refractivity contribution in [2.75, 3.05) is 4.90 Å². The molecule has 2 aromatic heterocycles. The van der Waals surface area contributed by atoms with Gasteiger partial charge in [0.25, 0.3) is 0 Å². The van der Waals surface area contributed by atoms with Crippen LogP contribution in [-0.2, 0) is 0 Å². The van der Waals surface area contributed by atoms with Gasteiger partial charge in [-0.05, 0) is 85.9 Å². The van der Waals surface area contributed by atoms with E-state index in [-0.39, 0.29) is 0 Å². The maximum Gasteiger partial charge on any atom is 0.136 e. The molecule has 0 spiro atoms. The van der Waals surface area contributed by atoms with E-state index in [2.05, 4.69) is 211 Å². The topological polar surface area (TPSA) is 16.4 Å². The average molecular weight is 770 g/mol. The van der Waals surface area contributed by atoms with Gasteiger partial charge in [-0.25, -0.2) is 0 Å². The summed E-state index contributed by atoms with van der Waals surface area (Å²) in [6, 6.07) is 76.9. The molecule has 2 nitrogen and oxygen atoms in total. The lowest BCUT2D eigenvalue weighted by atomic mass is 9.93. The second kappa shape index (κ2) is 13.6. The Labute approximate surface area is 345 Å². The van der Waals surface area contributed by atoms with E-state index in [4.69, 9.17) is 4.42 Å². The molecule has 0 N–H and O–H groups in total. The molecular weight excluding hydrogens is 735 g/mol. The number of hydrogen-bond donors (Lipinski definition) is 0. The molecule has 0 atom stereocenters. The Bertz CT molecular complexity index is 3550. The summed E-state index contributed by atoms with van der Waals surface area (Å²) in [5.74, 6) is 0. The first-order valence-corrected chi connectivity index (χ1v) is 20.9. The van der Waals surface area contributed by atoms with Crippen molar-refractivity contribution in [3.8, 4) is 33.4 Å². The van der Waals surface area contributed by atoms with Gasteiger partial charge in [-0.15, -0.1) is 11.3 Å². The van der Waals surface area contributed by atoms with Crippen molar-refractivity contribution in [2.24, 2.45) is 0 Å². The second-order valence-electron chi connectivity index (χ2n) is 15.2. The lowest BCUT2D eigenvalue weighted by Crippen LogP contribution is -2.11. The SMILES string of the molecule is c1ccc(-c2cccc3c2sc2c(N(c4ccc(-c5cccc6ccccc56)cc4)c4ccc(-c5cccc6oc7ccccc7c56)c5ccccc45)cccc23)cc1. The molecule has 0 bridgehead atoms. The summed E-state index contributed by atoms with van der Waals surface area (Å²) in [6.45, 7) is 0. The molecule has 59 heavy (non-hydrogen) atoms. The second-order valence-corrected chi connectivity index (χ2v) is 16.2. The van der Waals surface area contributed by atoms with Crippen molar-refractivity contribution in [3.05, 3.63) is 212 Å². The normalized spacial score (nSPS) is 11.7. The van der Waals surface area contributed by atoms with Crippen LogP contribution < -0.4 is 4.90 Å². The van der Waals surface area contributed by atoms with Gasteiger partial charge >= 0.3 is 0 Å². The Kier molecular flexibility index (Phi) is 7.75. The first kappa shape index (κ1) is 33.7. The van der Waals surface area contributed by atoms with Crippen LogP contribution in [0.4, 0.5) is 17.1 Å². The lowest BCUT2D eigenvalue weighted by molar-refractivity contribution is 0.669. The van der Waals surface area contributed by atoms with Gasteiger partial charge in [-0.2, -0.15) is 0 Å². The van der Waals surface area contributed by atoms with Gasteiger partial charge < -0.3 is 9.32 Å². The van der Waals surface area contributed by atoms with Crippen molar-refractivity contribution in [1.82, 2.24) is 0 Å². The van der Waals surface area contributed by atoms with E-state index in [0.29, 0.717) is 0 Å². The number of hydrogen-bond acceptors (Lipinski definition) is 3. The zero-order valence-corrected chi connectivity index (χ0v) is 32.8. The Morgan fingerprint density at radius 1 is 0.322 bits per heavy atom. The van der Waals surface area contributed by atoms with Crippen molar-refractivity contribution >= 4 is 92.1 Å². The number of benzene rings is 10. The highest BCUT2D eigenvalue weighted by atomic mass is 32.1. The highest BCUT2D eigenvalue weighted by Crippen LogP contribution is 2.50. The molecule has 0 saturated heterocycles. The molecule has 0 aliphatic heterocycles. The lowest BCUT2D eigenvalue weighted by Gasteiger charge is -2.28. The van der Waals surface area contributed by atoms with Crippen LogP contribution in [0.2, 0.25) is 0 Å². The summed E-state index contributed by atoms with van der Waals surface area (Å²) in [5.41, 5.74) is 12.4. The zero-order valence-electron chi connectivity index (χ0n) is 32.0. The molecule has 12 aromatic rings. The van der Waals surface area contributed by atoms with Gasteiger partial charge in [-0.1, -0.05) is 176 Å². The van der Waals surface area contributed by atoms with Crippen molar-refractivity contribution in [2.45, 2.75) is 0 Å². The van der Waals surface area contributed by atoms with Crippen LogP contribution in [0.1, 0.15) is 0 Å². The van der Waals surface area contributed by atoms with Gasteiger partial charge in [-0.3, -0.25) is 0 Å². The van der Waals surface area contributed by atoms with Crippen LogP contribution in [0.15, 0.2) is 217 Å². The molecule has 12 rings (SSSR count). The minimum Gasteiger partial charge on any atom is -0.456 e. The van der Waals surface area contributed by atoms with Crippen LogP contribution in [0.3, 0.4) is 0 Å². The predicted molar refractivity (Wildman–Crippen MR) is 253 cm³/mol. The number of para-hydroxylation sites is 1. The van der Waals surface area contributed by atoms with E-state index in [9.17, 15) is 0 Å². The smallest absolute Gasteiger partial charge is 0.136 e. The summed E-state index contributed by atoms with van der Waals surface area (Å²) in [7, 11) is 0. The third kappa shape index (κ3) is 5.40. The number of nitrogens with zero attached hydrogens (tertiary/aromatic N) is 1. The largest absolute Gasteiger partial charge is 0.456 e. The standard InChI is InChI=1S/C56H35NOS/c1-2-14-37(15-3-1)42-23-11-25-47-48-26-12-27-51(56(48)59-55(42)47)57(39-32-30-38(31-33-39)41-22-10-17-36-16-4-5-18-40(36)41)50-35-34-44(43-19-6-7-20-45(43)50)46-24-13-29-53-54(46)49-21-8-9-28-52(49)58-53/h1-35H. The van der Waals surface area contributed by atoms with E-state index in [1.165, 1.54) is 75.1 Å². The summed E-state index contributed by atoms with van der Waals surface area (Å²) < 4.78 is 8.92. The number of thiophene rings is 1. The van der Waals surface area contributed by atoms with Crippen LogP contribution >= 0.6 is 11.3 Å². The predicted octanol–water partition coefficient (Wildman–Crippen LogP) is 16.7. The monoisotopic (exact) mass is 769 g/mol. The van der Waals surface area contributed by atoms with Crippen LogP contribution in [-0.4, -0.2) is 0 Å². The summed E-state index contributed by atoms with van der Waals surface area (Å²) in [5, 5.41) is 9.68. The maximum atomic E-state index is 6.36. The van der Waals surface area contributed by atoms with E-state index in [1.54, 1.807) is 0 Å². The minimum atomic E-state index is 0.899. The summed E-state index contributed by atoms with van der Waals surface area (Å²) >= 11 is 1.89. The van der Waals surface area contributed by atoms with Crippen molar-refractivity contribution in [1.29, 1.82) is 0 Å². The van der Waals surface area contributed by atoms with E-state index in [1.807, 2.05) is 17.4 Å². The van der Waals surface area contributed by atoms with E-state index >= 15 is 0 Å². The first-order valence-electron chi connectivity index (χ1n) is 20.1. The summed E-state index contributed by atoms with van der Waals surface area (Å²) in [4.78, 5) is 2.48. The Morgan fingerprint density at radius 3 is 1.78 bits per heavy atom. The molecule has 276 valence electrons. The number of furan rings is 1. The Hall–Kier alpha value is -7.46. The molecule has 3 heteroatoms. The zero-order chi connectivity index (χ0) is 38.9. The number of rotatable bonds is 6. The minimum absolute atomic E-state index is 0.899. The molecule has 0 fully saturated rings. The van der Waals surface area contributed by atoms with Gasteiger partial charge in [0.2, 0.25) is 0 Å². The fourth-order valence-electron chi connectivity index (χ4n) is 9.21. The molecule has 0 amide bonds. The fraction of sp³-hybridized carbons (Fsp3) is 0. The van der Waals surface area contributed by atoms with Gasteiger partial charge in [0.15, 0.2) is 0 Å². The molecule has 0 radical (unpaired) electrons. The van der Waals surface area contributed by atoms with Crippen molar-refractivity contribution < 1.29 is 4.42 Å². The highest BCUT2D eigenvalue weighted by molar-refractivity contribution is 7.27. The Balaban J connectivity index is 1.10. The quantitative estimate of drug-likeness (QED) is 0.167. The molecule has 0 aliphatic carbocycles. The van der Waals surface area contributed by atoms with Crippen molar-refractivity contribution in [3.63, 3.8) is 0 Å². The van der Waals surface area contributed by atoms with Crippen LogP contribution in [0.5, 0.6) is 0 Å². The van der Waals surface area contributed by atoms with E-state index in [0.717, 1.165) is 39.0 Å². The molecular formula is C56H35NOS. The molecule has 0 aliphatic rings. The van der Waals surface area contributed by atoms with E-state index < -0.39 is 0 Å². The molecule has 10 aromatic carbocycles. The summed E-state index contributed by atoms with van der Waals surface area (Å²) in [6.07, 6.45) is 0. The average Bonchev–Trinajstić information content (AvgIpc) is 3.89. The molecule has 2 heterocycles. The highest BCUT2D eigenvalue weighted by Gasteiger charge is 2.23. The van der Waals surface area contributed by atoms with Gasteiger partial charge in [0.1, 0.15) is 11.2 Å². The third-order valence-electron chi connectivity index (χ3n) is 11.9.